The van der Waals surface area contributed by atoms with Crippen LogP contribution in [0.3, 0.4) is 0 Å². The molecule has 0 bridgehead atoms. The Balaban J connectivity index is 1.49. The number of hydrogen-bond donors (Lipinski definition) is 0. The zero-order valence-corrected chi connectivity index (χ0v) is 22.4. The molecule has 1 aromatic heterocycles. The standard InChI is InChI=1S/C30H31N3O4S/c1-22-8-6-7-11-25(22)21-38(35,36)30-31-18-27(33(30)19-23-9-4-3-5-10-23)20-32(26-14-15-26)29(34)24-12-16-28(37-2)17-13-24/h3-13,16-18,26H,14-15,19-21H2,1-2H3. The first-order valence-corrected chi connectivity index (χ1v) is 14.3. The third kappa shape index (κ3) is 5.65. The molecule has 7 nitrogen and oxygen atoms in total. The van der Waals surface area contributed by atoms with Crippen LogP contribution in [0.2, 0.25) is 0 Å². The minimum atomic E-state index is -3.75. The van der Waals surface area contributed by atoms with Gasteiger partial charge in [0.05, 0.1) is 37.8 Å². The van der Waals surface area contributed by atoms with Crippen molar-refractivity contribution in [1.82, 2.24) is 14.5 Å². The first kappa shape index (κ1) is 25.7. The van der Waals surface area contributed by atoms with Gasteiger partial charge in [-0.05, 0) is 60.7 Å². The van der Waals surface area contributed by atoms with E-state index in [9.17, 15) is 13.2 Å². The number of nitrogens with zero attached hydrogens (tertiary/aromatic N) is 3. The highest BCUT2D eigenvalue weighted by Gasteiger charge is 2.35. The Kier molecular flexibility index (Phi) is 7.33. The van der Waals surface area contributed by atoms with Crippen molar-refractivity contribution in [3.63, 3.8) is 0 Å². The van der Waals surface area contributed by atoms with Crippen LogP contribution in [0.4, 0.5) is 0 Å². The molecule has 1 fully saturated rings. The highest BCUT2D eigenvalue weighted by Crippen LogP contribution is 2.31. The Bertz CT molecular complexity index is 1530. The molecule has 0 radical (unpaired) electrons. The number of imidazole rings is 1. The van der Waals surface area contributed by atoms with Gasteiger partial charge in [-0.15, -0.1) is 0 Å². The van der Waals surface area contributed by atoms with Gasteiger partial charge in [-0.2, -0.15) is 0 Å². The van der Waals surface area contributed by atoms with Gasteiger partial charge < -0.3 is 14.2 Å². The Morgan fingerprint density at radius 1 is 1.00 bits per heavy atom. The van der Waals surface area contributed by atoms with Gasteiger partial charge in [0.15, 0.2) is 0 Å². The summed E-state index contributed by atoms with van der Waals surface area (Å²) in [6, 6.07) is 24.4. The maximum atomic E-state index is 13.7. The van der Waals surface area contributed by atoms with Gasteiger partial charge in [0.1, 0.15) is 5.75 Å². The predicted molar refractivity (Wildman–Crippen MR) is 146 cm³/mol. The molecule has 5 rings (SSSR count). The van der Waals surface area contributed by atoms with Gasteiger partial charge in [0.25, 0.3) is 5.91 Å². The van der Waals surface area contributed by atoms with Crippen LogP contribution in [0.5, 0.6) is 5.75 Å². The number of methoxy groups -OCH3 is 1. The summed E-state index contributed by atoms with van der Waals surface area (Å²) in [5, 5.41) is 0.0206. The second kappa shape index (κ2) is 10.8. The number of amides is 1. The normalized spacial score (nSPS) is 13.3. The fourth-order valence-electron chi connectivity index (χ4n) is 4.57. The van der Waals surface area contributed by atoms with Crippen LogP contribution in [-0.2, 0) is 28.7 Å². The molecular formula is C30H31N3O4S. The summed E-state index contributed by atoms with van der Waals surface area (Å²) in [4.78, 5) is 19.8. The summed E-state index contributed by atoms with van der Waals surface area (Å²) in [5.41, 5.74) is 3.88. The van der Waals surface area contributed by atoms with E-state index in [4.69, 9.17) is 4.74 Å². The van der Waals surface area contributed by atoms with E-state index in [0.717, 1.165) is 29.5 Å². The third-order valence-electron chi connectivity index (χ3n) is 6.89. The summed E-state index contributed by atoms with van der Waals surface area (Å²) >= 11 is 0. The predicted octanol–water partition coefficient (Wildman–Crippen LogP) is 5.03. The lowest BCUT2D eigenvalue weighted by Crippen LogP contribution is -2.33. The minimum Gasteiger partial charge on any atom is -0.497 e. The fraction of sp³-hybridized carbons (Fsp3) is 0.267. The van der Waals surface area contributed by atoms with E-state index in [0.29, 0.717) is 23.6 Å². The van der Waals surface area contributed by atoms with Crippen molar-refractivity contribution < 1.29 is 17.9 Å². The molecule has 0 N–H and O–H groups in total. The number of aryl methyl sites for hydroxylation is 1. The molecule has 1 heterocycles. The average Bonchev–Trinajstić information content (AvgIpc) is 3.69. The van der Waals surface area contributed by atoms with E-state index in [1.54, 1.807) is 42.1 Å². The summed E-state index contributed by atoms with van der Waals surface area (Å²) in [6.07, 6.45) is 3.45. The van der Waals surface area contributed by atoms with E-state index < -0.39 is 9.84 Å². The Morgan fingerprint density at radius 2 is 1.68 bits per heavy atom. The number of rotatable bonds is 10. The second-order valence-electron chi connectivity index (χ2n) is 9.68. The van der Waals surface area contributed by atoms with E-state index in [2.05, 4.69) is 4.98 Å². The highest BCUT2D eigenvalue weighted by molar-refractivity contribution is 7.90. The Morgan fingerprint density at radius 3 is 2.34 bits per heavy atom. The Labute approximate surface area is 223 Å². The van der Waals surface area contributed by atoms with E-state index in [-0.39, 0.29) is 29.4 Å². The molecule has 8 heteroatoms. The number of carbonyl (C=O) groups is 1. The van der Waals surface area contributed by atoms with Crippen LogP contribution in [-0.4, -0.2) is 41.9 Å². The molecule has 0 unspecified atom stereocenters. The molecule has 4 aromatic rings. The molecule has 3 aromatic carbocycles. The fourth-order valence-corrected chi connectivity index (χ4v) is 6.16. The Hall–Kier alpha value is -3.91. The zero-order chi connectivity index (χ0) is 26.7. The van der Waals surface area contributed by atoms with Crippen molar-refractivity contribution in [2.24, 2.45) is 0 Å². The summed E-state index contributed by atoms with van der Waals surface area (Å²) in [7, 11) is -2.16. The molecule has 38 heavy (non-hydrogen) atoms. The highest BCUT2D eigenvalue weighted by atomic mass is 32.2. The van der Waals surface area contributed by atoms with Gasteiger partial charge in [0.2, 0.25) is 15.0 Å². The van der Waals surface area contributed by atoms with Crippen LogP contribution in [0.1, 0.15) is 45.6 Å². The lowest BCUT2D eigenvalue weighted by Gasteiger charge is -2.24. The molecule has 1 saturated carbocycles. The van der Waals surface area contributed by atoms with Crippen LogP contribution in [0.15, 0.2) is 90.2 Å². The maximum absolute atomic E-state index is 13.7. The summed E-state index contributed by atoms with van der Waals surface area (Å²) in [6.45, 7) is 2.52. The lowest BCUT2D eigenvalue weighted by atomic mass is 10.1. The molecule has 1 aliphatic rings. The number of carbonyl (C=O) groups excluding carboxylic acids is 1. The van der Waals surface area contributed by atoms with Crippen molar-refractivity contribution in [3.05, 3.63) is 113 Å². The van der Waals surface area contributed by atoms with Crippen molar-refractivity contribution in [2.45, 2.75) is 49.8 Å². The summed E-state index contributed by atoms with van der Waals surface area (Å²) in [5.74, 6) is 0.457. The monoisotopic (exact) mass is 529 g/mol. The smallest absolute Gasteiger partial charge is 0.254 e. The zero-order valence-electron chi connectivity index (χ0n) is 21.6. The lowest BCUT2D eigenvalue weighted by molar-refractivity contribution is 0.0725. The summed E-state index contributed by atoms with van der Waals surface area (Å²) < 4.78 is 34.3. The first-order chi connectivity index (χ1) is 18.4. The number of ether oxygens (including phenoxy) is 1. The van der Waals surface area contributed by atoms with Gasteiger partial charge in [0, 0.05) is 11.6 Å². The van der Waals surface area contributed by atoms with Gasteiger partial charge in [-0.25, -0.2) is 13.4 Å². The molecule has 0 saturated heterocycles. The van der Waals surface area contributed by atoms with Crippen LogP contribution < -0.4 is 4.74 Å². The van der Waals surface area contributed by atoms with Gasteiger partial charge in [-0.3, -0.25) is 4.79 Å². The van der Waals surface area contributed by atoms with E-state index in [1.807, 2.05) is 66.4 Å². The molecule has 1 amide bonds. The van der Waals surface area contributed by atoms with Crippen molar-refractivity contribution >= 4 is 15.7 Å². The van der Waals surface area contributed by atoms with Crippen molar-refractivity contribution in [1.29, 1.82) is 0 Å². The molecule has 0 atom stereocenters. The third-order valence-corrected chi connectivity index (χ3v) is 8.46. The largest absolute Gasteiger partial charge is 0.497 e. The second-order valence-corrected chi connectivity index (χ2v) is 11.6. The van der Waals surface area contributed by atoms with Crippen molar-refractivity contribution in [3.8, 4) is 5.75 Å². The molecule has 0 spiro atoms. The number of sulfone groups is 1. The van der Waals surface area contributed by atoms with Crippen LogP contribution >= 0.6 is 0 Å². The maximum Gasteiger partial charge on any atom is 0.254 e. The van der Waals surface area contributed by atoms with Gasteiger partial charge >= 0.3 is 0 Å². The first-order valence-electron chi connectivity index (χ1n) is 12.7. The van der Waals surface area contributed by atoms with Gasteiger partial charge in [-0.1, -0.05) is 54.6 Å². The van der Waals surface area contributed by atoms with Crippen LogP contribution in [0.25, 0.3) is 0 Å². The topological polar surface area (TPSA) is 81.5 Å². The van der Waals surface area contributed by atoms with Crippen LogP contribution in [0, 0.1) is 6.92 Å². The van der Waals surface area contributed by atoms with Crippen molar-refractivity contribution in [2.75, 3.05) is 7.11 Å². The number of benzene rings is 3. The molecule has 1 aliphatic carbocycles. The minimum absolute atomic E-state index is 0.0206. The molecule has 0 aliphatic heterocycles. The SMILES string of the molecule is COc1ccc(C(=O)N(Cc2cnc(S(=O)(=O)Cc3ccccc3C)n2Cc2ccccc2)C2CC2)cc1. The number of aromatic nitrogens is 2. The molecule has 196 valence electrons. The number of hydrogen-bond acceptors (Lipinski definition) is 5. The average molecular weight is 530 g/mol. The van der Waals surface area contributed by atoms with E-state index in [1.165, 1.54) is 0 Å². The quantitative estimate of drug-likeness (QED) is 0.288. The van der Waals surface area contributed by atoms with E-state index >= 15 is 0 Å². The molecular weight excluding hydrogens is 498 g/mol.